The first-order valence-electron chi connectivity index (χ1n) is 9.07. The largest absolute Gasteiger partial charge is 0.478 e. The summed E-state index contributed by atoms with van der Waals surface area (Å²) >= 11 is 0. The highest BCUT2D eigenvalue weighted by atomic mass is 16.4. The smallest absolute Gasteiger partial charge is 0.339 e. The minimum Gasteiger partial charge on any atom is -0.478 e. The maximum atomic E-state index is 11.5. The number of nitriles is 1. The van der Waals surface area contributed by atoms with Crippen molar-refractivity contribution in [1.29, 1.82) is 5.26 Å². The van der Waals surface area contributed by atoms with E-state index >= 15 is 0 Å². The molecule has 1 fully saturated rings. The van der Waals surface area contributed by atoms with Crippen LogP contribution >= 0.6 is 0 Å². The summed E-state index contributed by atoms with van der Waals surface area (Å²) in [6.45, 7) is 6.12. The molecule has 0 aromatic carbocycles. The lowest BCUT2D eigenvalue weighted by Gasteiger charge is -2.21. The predicted octanol–water partition coefficient (Wildman–Crippen LogP) is 3.26. The number of nitrogens with one attached hydrogen (secondary N) is 1. The van der Waals surface area contributed by atoms with Gasteiger partial charge < -0.3 is 10.4 Å². The van der Waals surface area contributed by atoms with Gasteiger partial charge in [-0.25, -0.2) is 14.8 Å². The molecule has 0 bridgehead atoms. The molecule has 0 radical (unpaired) electrons. The Morgan fingerprint density at radius 2 is 2.04 bits per heavy atom. The molecule has 1 aliphatic carbocycles. The van der Waals surface area contributed by atoms with Crippen LogP contribution in [0.25, 0.3) is 16.9 Å². The minimum absolute atomic E-state index is 0.127. The SMILES string of the molecule is CC(C)(C)c1c(C#N)cnc2c1cnn2-c1cc(NC2CC2)c(C(=O)O)cn1. The monoisotopic (exact) mass is 376 g/mol. The molecular weight excluding hydrogens is 356 g/mol. The molecule has 4 rings (SSSR count). The lowest BCUT2D eigenvalue weighted by molar-refractivity contribution is 0.0697. The number of aromatic nitrogens is 4. The zero-order valence-electron chi connectivity index (χ0n) is 15.9. The third-order valence-electron chi connectivity index (χ3n) is 4.74. The van der Waals surface area contributed by atoms with Crippen LogP contribution in [0.2, 0.25) is 0 Å². The van der Waals surface area contributed by atoms with Crippen LogP contribution in [-0.2, 0) is 5.41 Å². The first kappa shape index (κ1) is 17.9. The average molecular weight is 376 g/mol. The Hall–Kier alpha value is -3.47. The Balaban J connectivity index is 1.88. The van der Waals surface area contributed by atoms with Crippen molar-refractivity contribution in [2.24, 2.45) is 0 Å². The third kappa shape index (κ3) is 3.05. The highest BCUT2D eigenvalue weighted by Gasteiger charge is 2.26. The summed E-state index contributed by atoms with van der Waals surface area (Å²) in [4.78, 5) is 20.2. The molecule has 3 heterocycles. The lowest BCUT2D eigenvalue weighted by atomic mass is 9.83. The van der Waals surface area contributed by atoms with Crippen LogP contribution in [0.5, 0.6) is 0 Å². The molecule has 0 spiro atoms. The van der Waals surface area contributed by atoms with Crippen molar-refractivity contribution in [3.8, 4) is 11.9 Å². The molecular formula is C20H20N6O2. The Morgan fingerprint density at radius 1 is 1.29 bits per heavy atom. The number of hydrogen-bond donors (Lipinski definition) is 2. The Bertz CT molecular complexity index is 1130. The molecule has 2 N–H and O–H groups in total. The molecule has 8 heteroatoms. The first-order chi connectivity index (χ1) is 13.3. The molecule has 3 aromatic heterocycles. The van der Waals surface area contributed by atoms with Gasteiger partial charge in [0.05, 0.1) is 17.4 Å². The number of nitrogens with zero attached hydrogens (tertiary/aromatic N) is 5. The van der Waals surface area contributed by atoms with E-state index in [1.807, 2.05) is 20.8 Å². The third-order valence-corrected chi connectivity index (χ3v) is 4.74. The fourth-order valence-electron chi connectivity index (χ4n) is 3.34. The van der Waals surface area contributed by atoms with Crippen molar-refractivity contribution in [3.63, 3.8) is 0 Å². The molecule has 0 saturated heterocycles. The van der Waals surface area contributed by atoms with E-state index in [9.17, 15) is 15.2 Å². The number of carbonyl (C=O) groups is 1. The van der Waals surface area contributed by atoms with E-state index < -0.39 is 5.97 Å². The summed E-state index contributed by atoms with van der Waals surface area (Å²) in [5.41, 5.74) is 2.36. The van der Waals surface area contributed by atoms with E-state index in [0.29, 0.717) is 28.8 Å². The summed E-state index contributed by atoms with van der Waals surface area (Å²) < 4.78 is 1.58. The zero-order valence-corrected chi connectivity index (χ0v) is 15.9. The fourth-order valence-corrected chi connectivity index (χ4v) is 3.34. The van der Waals surface area contributed by atoms with Crippen molar-refractivity contribution in [1.82, 2.24) is 19.7 Å². The topological polar surface area (TPSA) is 117 Å². The molecule has 1 aliphatic rings. The van der Waals surface area contributed by atoms with E-state index in [0.717, 1.165) is 23.8 Å². The summed E-state index contributed by atoms with van der Waals surface area (Å²) in [6, 6.07) is 4.19. The van der Waals surface area contributed by atoms with Gasteiger partial charge in [-0.2, -0.15) is 15.0 Å². The maximum Gasteiger partial charge on any atom is 0.339 e. The van der Waals surface area contributed by atoms with Gasteiger partial charge >= 0.3 is 5.97 Å². The standard InChI is InChI=1S/C20H20N6O2/c1-20(2,3)17-11(7-21)8-23-18-14(17)10-24-26(18)16-6-15(25-12-4-5-12)13(9-22-16)19(27)28/h6,8-10,12H,4-5H2,1-3H3,(H,22,25)(H,27,28). The second-order valence-electron chi connectivity index (χ2n) is 8.01. The van der Waals surface area contributed by atoms with Gasteiger partial charge in [0.1, 0.15) is 11.6 Å². The van der Waals surface area contributed by atoms with Crippen LogP contribution in [0.4, 0.5) is 5.69 Å². The van der Waals surface area contributed by atoms with Crippen LogP contribution in [0, 0.1) is 11.3 Å². The predicted molar refractivity (Wildman–Crippen MR) is 104 cm³/mol. The molecule has 8 nitrogen and oxygen atoms in total. The van der Waals surface area contributed by atoms with Crippen molar-refractivity contribution in [3.05, 3.63) is 41.3 Å². The molecule has 0 unspecified atom stereocenters. The molecule has 142 valence electrons. The highest BCUT2D eigenvalue weighted by molar-refractivity contribution is 5.94. The van der Waals surface area contributed by atoms with Gasteiger partial charge in [0.25, 0.3) is 0 Å². The number of carboxylic acids is 1. The van der Waals surface area contributed by atoms with E-state index in [2.05, 4.69) is 26.5 Å². The van der Waals surface area contributed by atoms with Crippen LogP contribution < -0.4 is 5.32 Å². The molecule has 1 saturated carbocycles. The molecule has 0 atom stereocenters. The van der Waals surface area contributed by atoms with Crippen LogP contribution in [0.1, 0.15) is 55.1 Å². The number of aromatic carboxylic acids is 1. The first-order valence-corrected chi connectivity index (χ1v) is 9.07. The lowest BCUT2D eigenvalue weighted by Crippen LogP contribution is -2.15. The van der Waals surface area contributed by atoms with Gasteiger partial charge in [-0.1, -0.05) is 20.8 Å². The van der Waals surface area contributed by atoms with Crippen LogP contribution in [0.3, 0.4) is 0 Å². The molecule has 28 heavy (non-hydrogen) atoms. The van der Waals surface area contributed by atoms with E-state index in [1.165, 1.54) is 6.20 Å². The minimum atomic E-state index is -1.03. The molecule has 3 aromatic rings. The normalized spacial score (nSPS) is 14.1. The van der Waals surface area contributed by atoms with Crippen molar-refractivity contribution < 1.29 is 9.90 Å². The quantitative estimate of drug-likeness (QED) is 0.718. The Kier molecular flexibility index (Phi) is 4.03. The molecule has 0 amide bonds. The van der Waals surface area contributed by atoms with Gasteiger partial charge in [0.15, 0.2) is 11.5 Å². The van der Waals surface area contributed by atoms with E-state index in [4.69, 9.17) is 0 Å². The van der Waals surface area contributed by atoms with Crippen molar-refractivity contribution in [2.75, 3.05) is 5.32 Å². The number of hydrogen-bond acceptors (Lipinski definition) is 6. The number of rotatable bonds is 4. The summed E-state index contributed by atoms with van der Waals surface area (Å²) in [6.07, 6.45) is 6.62. The Morgan fingerprint density at radius 3 is 2.64 bits per heavy atom. The summed E-state index contributed by atoms with van der Waals surface area (Å²) in [7, 11) is 0. The number of fused-ring (bicyclic) bond motifs is 1. The second kappa shape index (κ2) is 6.30. The second-order valence-corrected chi connectivity index (χ2v) is 8.01. The molecule has 0 aliphatic heterocycles. The highest BCUT2D eigenvalue weighted by Crippen LogP contribution is 2.33. The van der Waals surface area contributed by atoms with Gasteiger partial charge in [-0.3, -0.25) is 0 Å². The maximum absolute atomic E-state index is 11.5. The van der Waals surface area contributed by atoms with Crippen molar-refractivity contribution in [2.45, 2.75) is 45.1 Å². The summed E-state index contributed by atoms with van der Waals surface area (Å²) in [5.74, 6) is -0.556. The number of carboxylic acid groups (broad SMARTS) is 1. The number of anilines is 1. The Labute approximate surface area is 161 Å². The summed E-state index contributed by atoms with van der Waals surface area (Å²) in [5, 5.41) is 27.4. The number of pyridine rings is 2. The average Bonchev–Trinajstić information content (AvgIpc) is 3.35. The van der Waals surface area contributed by atoms with E-state index in [-0.39, 0.29) is 11.0 Å². The van der Waals surface area contributed by atoms with Crippen molar-refractivity contribution >= 4 is 22.7 Å². The van der Waals surface area contributed by atoms with Gasteiger partial charge in [-0.05, 0) is 23.8 Å². The van der Waals surface area contributed by atoms with Gasteiger partial charge in [0, 0.05) is 29.9 Å². The van der Waals surface area contributed by atoms with Gasteiger partial charge in [-0.15, -0.1) is 0 Å². The van der Waals surface area contributed by atoms with Crippen LogP contribution in [0.15, 0.2) is 24.7 Å². The van der Waals surface area contributed by atoms with Crippen LogP contribution in [-0.4, -0.2) is 36.9 Å². The van der Waals surface area contributed by atoms with Gasteiger partial charge in [0.2, 0.25) is 0 Å². The van der Waals surface area contributed by atoms with E-state index in [1.54, 1.807) is 23.1 Å². The fraction of sp³-hybridized carbons (Fsp3) is 0.350. The zero-order chi connectivity index (χ0) is 20.1.